The Morgan fingerprint density at radius 2 is 2.06 bits per heavy atom. The molecule has 2 rings (SSSR count). The molecule has 1 aromatic rings. The van der Waals surface area contributed by atoms with Crippen molar-refractivity contribution in [3.05, 3.63) is 42.0 Å². The van der Waals surface area contributed by atoms with E-state index in [4.69, 9.17) is 5.11 Å². The number of benzene rings is 1. The highest BCUT2D eigenvalue weighted by Crippen LogP contribution is 2.19. The van der Waals surface area contributed by atoms with Gasteiger partial charge < -0.3 is 5.11 Å². The molecule has 0 saturated carbocycles. The van der Waals surface area contributed by atoms with Crippen LogP contribution in [0, 0.1) is 0 Å². The predicted octanol–water partition coefficient (Wildman–Crippen LogP) is 2.94. The lowest BCUT2D eigenvalue weighted by molar-refractivity contribution is 0.132. The fourth-order valence-corrected chi connectivity index (χ4v) is 2.66. The van der Waals surface area contributed by atoms with Crippen molar-refractivity contribution in [1.29, 1.82) is 0 Å². The number of piperidine rings is 1. The number of aliphatic hydroxyl groups excluding tert-OH is 1. The maximum Gasteiger partial charge on any atom is 0.0445 e. The fourth-order valence-electron chi connectivity index (χ4n) is 2.66. The number of nitrogens with zero attached hydrogens (tertiary/aromatic N) is 1. The Hall–Kier alpha value is -1.12. The van der Waals surface area contributed by atoms with Crippen molar-refractivity contribution >= 4 is 6.08 Å². The largest absolute Gasteiger partial charge is 0.396 e. The van der Waals surface area contributed by atoms with E-state index in [9.17, 15) is 0 Å². The van der Waals surface area contributed by atoms with Crippen molar-refractivity contribution in [2.45, 2.75) is 31.7 Å². The summed E-state index contributed by atoms with van der Waals surface area (Å²) in [7, 11) is 0. The number of hydrogen-bond donors (Lipinski definition) is 1. The lowest BCUT2D eigenvalue weighted by atomic mass is 9.99. The molecule has 1 heterocycles. The second-order valence-electron chi connectivity index (χ2n) is 4.97. The Morgan fingerprint density at radius 3 is 2.83 bits per heavy atom. The van der Waals surface area contributed by atoms with E-state index in [0.29, 0.717) is 12.6 Å². The number of likely N-dealkylation sites (tertiary alicyclic amines) is 1. The second kappa shape index (κ2) is 7.34. The minimum Gasteiger partial charge on any atom is -0.396 e. The van der Waals surface area contributed by atoms with Crippen molar-refractivity contribution in [3.8, 4) is 0 Å². The van der Waals surface area contributed by atoms with Gasteiger partial charge in [-0.1, -0.05) is 48.9 Å². The Bertz CT molecular complexity index is 359. The molecule has 0 amide bonds. The number of aliphatic hydroxyl groups is 1. The summed E-state index contributed by atoms with van der Waals surface area (Å²) in [5, 5.41) is 9.10. The first-order chi connectivity index (χ1) is 8.90. The third-order valence-electron chi connectivity index (χ3n) is 3.66. The fraction of sp³-hybridized carbons (Fsp3) is 0.500. The summed E-state index contributed by atoms with van der Waals surface area (Å²) in [6.07, 6.45) is 9.18. The van der Waals surface area contributed by atoms with Crippen LogP contribution in [0.1, 0.15) is 31.2 Å². The zero-order chi connectivity index (χ0) is 12.6. The van der Waals surface area contributed by atoms with Crippen LogP contribution in [0.2, 0.25) is 0 Å². The van der Waals surface area contributed by atoms with Crippen LogP contribution in [0.3, 0.4) is 0 Å². The highest BCUT2D eigenvalue weighted by atomic mass is 16.3. The molecule has 18 heavy (non-hydrogen) atoms. The van der Waals surface area contributed by atoms with Gasteiger partial charge in [0.05, 0.1) is 0 Å². The maximum absolute atomic E-state index is 9.10. The van der Waals surface area contributed by atoms with Crippen molar-refractivity contribution in [2.24, 2.45) is 0 Å². The molecule has 1 N–H and O–H groups in total. The average molecular weight is 245 g/mol. The number of hydrogen-bond acceptors (Lipinski definition) is 2. The van der Waals surface area contributed by atoms with E-state index < -0.39 is 0 Å². The molecule has 0 bridgehead atoms. The van der Waals surface area contributed by atoms with Crippen LogP contribution >= 0.6 is 0 Å². The molecule has 98 valence electrons. The molecule has 0 spiro atoms. The van der Waals surface area contributed by atoms with Gasteiger partial charge in [0.1, 0.15) is 0 Å². The third kappa shape index (κ3) is 3.97. The van der Waals surface area contributed by atoms with Gasteiger partial charge in [-0.3, -0.25) is 4.90 Å². The quantitative estimate of drug-likeness (QED) is 0.862. The Kier molecular flexibility index (Phi) is 5.43. The van der Waals surface area contributed by atoms with Gasteiger partial charge in [0, 0.05) is 19.2 Å². The summed E-state index contributed by atoms with van der Waals surface area (Å²) < 4.78 is 0. The van der Waals surface area contributed by atoms with Gasteiger partial charge in [-0.2, -0.15) is 0 Å². The first-order valence-electron chi connectivity index (χ1n) is 6.96. The summed E-state index contributed by atoms with van der Waals surface area (Å²) in [4.78, 5) is 2.50. The highest BCUT2D eigenvalue weighted by Gasteiger charge is 2.20. The third-order valence-corrected chi connectivity index (χ3v) is 3.66. The molecule has 1 saturated heterocycles. The van der Waals surface area contributed by atoms with Crippen molar-refractivity contribution < 1.29 is 5.11 Å². The average Bonchev–Trinajstić information content (AvgIpc) is 2.42. The van der Waals surface area contributed by atoms with Crippen molar-refractivity contribution in [1.82, 2.24) is 4.90 Å². The summed E-state index contributed by atoms with van der Waals surface area (Å²) in [6, 6.07) is 11.0. The van der Waals surface area contributed by atoms with Gasteiger partial charge in [-0.25, -0.2) is 0 Å². The molecule has 1 atom stereocenters. The van der Waals surface area contributed by atoms with Gasteiger partial charge in [-0.05, 0) is 31.4 Å². The second-order valence-corrected chi connectivity index (χ2v) is 4.97. The lowest BCUT2D eigenvalue weighted by Gasteiger charge is -2.34. The molecule has 0 radical (unpaired) electrons. The molecule has 1 unspecified atom stereocenters. The van der Waals surface area contributed by atoms with Gasteiger partial charge >= 0.3 is 0 Å². The molecule has 1 aliphatic heterocycles. The first-order valence-corrected chi connectivity index (χ1v) is 6.96. The maximum atomic E-state index is 9.10. The highest BCUT2D eigenvalue weighted by molar-refractivity contribution is 5.48. The monoisotopic (exact) mass is 245 g/mol. The van der Waals surface area contributed by atoms with Crippen molar-refractivity contribution in [3.63, 3.8) is 0 Å². The van der Waals surface area contributed by atoms with Gasteiger partial charge in [-0.15, -0.1) is 0 Å². The summed E-state index contributed by atoms with van der Waals surface area (Å²) >= 11 is 0. The van der Waals surface area contributed by atoms with Gasteiger partial charge in [0.2, 0.25) is 0 Å². The van der Waals surface area contributed by atoms with Crippen LogP contribution in [0.15, 0.2) is 36.4 Å². The van der Waals surface area contributed by atoms with Crippen LogP contribution in [0.4, 0.5) is 0 Å². The van der Waals surface area contributed by atoms with Gasteiger partial charge in [0.25, 0.3) is 0 Å². The van der Waals surface area contributed by atoms with Crippen LogP contribution in [0.5, 0.6) is 0 Å². The molecule has 2 heteroatoms. The molecular weight excluding hydrogens is 222 g/mol. The minimum absolute atomic E-state index is 0.309. The minimum atomic E-state index is 0.309. The zero-order valence-electron chi connectivity index (χ0n) is 11.0. The molecule has 0 aromatic heterocycles. The van der Waals surface area contributed by atoms with Crippen LogP contribution in [-0.2, 0) is 0 Å². The topological polar surface area (TPSA) is 23.5 Å². The van der Waals surface area contributed by atoms with E-state index in [1.807, 2.05) is 6.07 Å². The van der Waals surface area contributed by atoms with Crippen LogP contribution < -0.4 is 0 Å². The Balaban J connectivity index is 1.86. The molecule has 0 aliphatic carbocycles. The van der Waals surface area contributed by atoms with Gasteiger partial charge in [0.15, 0.2) is 0 Å². The Labute approximate surface area is 110 Å². The predicted molar refractivity (Wildman–Crippen MR) is 76.4 cm³/mol. The molecule has 1 aromatic carbocycles. The smallest absolute Gasteiger partial charge is 0.0445 e. The normalized spacial score (nSPS) is 21.5. The van der Waals surface area contributed by atoms with E-state index in [0.717, 1.165) is 13.0 Å². The van der Waals surface area contributed by atoms with E-state index in [-0.39, 0.29) is 0 Å². The number of rotatable bonds is 5. The Morgan fingerprint density at radius 1 is 1.22 bits per heavy atom. The van der Waals surface area contributed by atoms with E-state index in [1.165, 1.54) is 31.4 Å². The van der Waals surface area contributed by atoms with Crippen LogP contribution in [0.25, 0.3) is 6.08 Å². The molecular formula is C16H23NO. The molecule has 2 nitrogen and oxygen atoms in total. The van der Waals surface area contributed by atoms with Crippen molar-refractivity contribution in [2.75, 3.05) is 19.7 Å². The SMILES string of the molecule is OCCC1CCCCN1C/C=C/c1ccccc1. The standard InChI is InChI=1S/C16H23NO/c18-14-11-16-10-4-5-12-17(16)13-6-9-15-7-2-1-3-8-15/h1-3,6-9,16,18H,4-5,10-14H2/b9-6+. The summed E-state index contributed by atoms with van der Waals surface area (Å²) in [6.45, 7) is 2.48. The van der Waals surface area contributed by atoms with E-state index >= 15 is 0 Å². The molecule has 1 fully saturated rings. The summed E-state index contributed by atoms with van der Waals surface area (Å²) in [5.74, 6) is 0. The zero-order valence-corrected chi connectivity index (χ0v) is 11.0. The first kappa shape index (κ1) is 13.3. The van der Waals surface area contributed by atoms with E-state index in [2.05, 4.69) is 41.3 Å². The molecule has 1 aliphatic rings. The van der Waals surface area contributed by atoms with E-state index in [1.54, 1.807) is 0 Å². The lowest BCUT2D eigenvalue weighted by Crippen LogP contribution is -2.40. The van der Waals surface area contributed by atoms with Crippen LogP contribution in [-0.4, -0.2) is 35.7 Å². The summed E-state index contributed by atoms with van der Waals surface area (Å²) in [5.41, 5.74) is 1.26.